The summed E-state index contributed by atoms with van der Waals surface area (Å²) in [6.45, 7) is 17.4. The van der Waals surface area contributed by atoms with Gasteiger partial charge in [-0.1, -0.05) is 52.8 Å². The summed E-state index contributed by atoms with van der Waals surface area (Å²) < 4.78 is 0. The van der Waals surface area contributed by atoms with E-state index in [1.54, 1.807) is 0 Å². The lowest BCUT2D eigenvalue weighted by Gasteiger charge is -2.43. The molecule has 0 radical (unpaired) electrons. The number of fused-ring (bicyclic) bond motifs is 3. The Hall–Kier alpha value is -1.35. The molecule has 25 heavy (non-hydrogen) atoms. The van der Waals surface area contributed by atoms with Gasteiger partial charge in [0, 0.05) is 22.6 Å². The molecule has 0 bridgehead atoms. The first kappa shape index (κ1) is 18.4. The Morgan fingerprint density at radius 3 is 2.20 bits per heavy atom. The zero-order chi connectivity index (χ0) is 18.7. The molecule has 138 valence electrons. The fourth-order valence-electron chi connectivity index (χ4n) is 4.91. The van der Waals surface area contributed by atoms with E-state index >= 15 is 0 Å². The molecule has 3 heteroatoms. The van der Waals surface area contributed by atoms with Crippen molar-refractivity contribution in [1.82, 2.24) is 4.90 Å². The van der Waals surface area contributed by atoms with Crippen molar-refractivity contribution < 1.29 is 4.79 Å². The number of carbonyl (C=O) groups is 1. The van der Waals surface area contributed by atoms with Gasteiger partial charge in [0.2, 0.25) is 0 Å². The molecule has 0 amide bonds. The number of Topliss-reactive ketones (excluding diaryl/α,β-unsaturated/α-hetero) is 1. The van der Waals surface area contributed by atoms with Gasteiger partial charge in [0.1, 0.15) is 0 Å². The zero-order valence-corrected chi connectivity index (χ0v) is 17.1. The number of ketones is 1. The van der Waals surface area contributed by atoms with Crippen LogP contribution in [0.25, 0.3) is 0 Å². The second-order valence-corrected chi connectivity index (χ2v) is 10.2. The summed E-state index contributed by atoms with van der Waals surface area (Å²) in [6, 6.07) is 8.59. The molecule has 1 fully saturated rings. The van der Waals surface area contributed by atoms with Gasteiger partial charge < -0.3 is 5.32 Å². The molecule has 3 rings (SSSR count). The van der Waals surface area contributed by atoms with E-state index in [1.807, 2.05) is 0 Å². The number of nitrogens with zero attached hydrogens (tertiary/aromatic N) is 1. The quantitative estimate of drug-likeness (QED) is 0.830. The Kier molecular flexibility index (Phi) is 4.31. The highest BCUT2D eigenvalue weighted by atomic mass is 16.1. The predicted octanol–water partition coefficient (Wildman–Crippen LogP) is 4.89. The first-order chi connectivity index (χ1) is 11.4. The van der Waals surface area contributed by atoms with Gasteiger partial charge in [-0.05, 0) is 44.2 Å². The normalized spacial score (nSPS) is 29.5. The molecule has 2 aliphatic heterocycles. The summed E-state index contributed by atoms with van der Waals surface area (Å²) in [5.74, 6) is 1.51. The largest absolute Gasteiger partial charge is 0.369 e. The maximum absolute atomic E-state index is 13.5. The van der Waals surface area contributed by atoms with Gasteiger partial charge in [-0.2, -0.15) is 0 Å². The number of benzene rings is 1. The molecule has 0 aromatic heterocycles. The lowest BCUT2D eigenvalue weighted by molar-refractivity contribution is -0.135. The van der Waals surface area contributed by atoms with Crippen molar-refractivity contribution in [3.05, 3.63) is 29.8 Å². The van der Waals surface area contributed by atoms with Crippen molar-refractivity contribution >= 4 is 11.5 Å². The average molecular weight is 343 g/mol. The maximum Gasteiger partial charge on any atom is 0.155 e. The van der Waals surface area contributed by atoms with Gasteiger partial charge in [0.05, 0.1) is 12.2 Å². The number of hydrogen-bond donors (Lipinski definition) is 1. The number of likely N-dealkylation sites (tertiary alicyclic amines) is 1. The number of carbonyl (C=O) groups excluding carboxylic acids is 1. The first-order valence-corrected chi connectivity index (χ1v) is 9.63. The first-order valence-electron chi connectivity index (χ1n) is 9.63. The third kappa shape index (κ3) is 2.91. The second-order valence-electron chi connectivity index (χ2n) is 10.2. The number of rotatable bonds is 2. The van der Waals surface area contributed by atoms with Crippen molar-refractivity contribution in [2.45, 2.75) is 79.1 Å². The molecule has 2 heterocycles. The van der Waals surface area contributed by atoms with Crippen LogP contribution in [0.4, 0.5) is 5.69 Å². The van der Waals surface area contributed by atoms with Crippen LogP contribution in [0.5, 0.6) is 0 Å². The molecule has 3 nitrogen and oxygen atoms in total. The average Bonchev–Trinajstić information content (AvgIpc) is 2.97. The topological polar surface area (TPSA) is 32.3 Å². The molecular weight excluding hydrogens is 308 g/mol. The molecule has 1 N–H and O–H groups in total. The Morgan fingerprint density at radius 2 is 1.68 bits per heavy atom. The lowest BCUT2D eigenvalue weighted by atomic mass is 9.73. The lowest BCUT2D eigenvalue weighted by Crippen LogP contribution is -2.56. The molecule has 1 aromatic rings. The van der Waals surface area contributed by atoms with E-state index in [0.29, 0.717) is 23.5 Å². The van der Waals surface area contributed by atoms with Crippen molar-refractivity contribution in [3.63, 3.8) is 0 Å². The van der Waals surface area contributed by atoms with Crippen LogP contribution in [0.1, 0.15) is 66.9 Å². The molecular formula is C22H34N2O. The van der Waals surface area contributed by atoms with Gasteiger partial charge in [-0.3, -0.25) is 9.69 Å². The number of para-hydroxylation sites is 1. The van der Waals surface area contributed by atoms with Gasteiger partial charge >= 0.3 is 0 Å². The number of anilines is 1. The summed E-state index contributed by atoms with van der Waals surface area (Å²) >= 11 is 0. The highest BCUT2D eigenvalue weighted by Crippen LogP contribution is 2.54. The highest BCUT2D eigenvalue weighted by Gasteiger charge is 2.59. The summed E-state index contributed by atoms with van der Waals surface area (Å²) in [5.41, 5.74) is 2.20. The van der Waals surface area contributed by atoms with Crippen molar-refractivity contribution in [1.29, 1.82) is 0 Å². The standard InChI is InChI=1S/C22H34N2O/c1-13(2)16-17-14-11-9-10-12-15(14)23-20(17)24(22(6,7)8)18(16)19(25)21(3,4)5/h9-13,16-18,20,23H,1-8H3. The molecule has 1 saturated heterocycles. The Bertz CT molecular complexity index is 665. The van der Waals surface area contributed by atoms with Crippen LogP contribution in [0.15, 0.2) is 24.3 Å². The summed E-state index contributed by atoms with van der Waals surface area (Å²) in [7, 11) is 0. The predicted molar refractivity (Wildman–Crippen MR) is 105 cm³/mol. The summed E-state index contributed by atoms with van der Waals surface area (Å²) in [5, 5.41) is 3.75. The van der Waals surface area contributed by atoms with E-state index in [2.05, 4.69) is 89.9 Å². The summed E-state index contributed by atoms with van der Waals surface area (Å²) in [4.78, 5) is 16.0. The van der Waals surface area contributed by atoms with E-state index in [4.69, 9.17) is 0 Å². The maximum atomic E-state index is 13.5. The van der Waals surface area contributed by atoms with Gasteiger partial charge in [0.25, 0.3) is 0 Å². The minimum absolute atomic E-state index is 0.0455. The molecule has 1 aromatic carbocycles. The van der Waals surface area contributed by atoms with E-state index < -0.39 is 0 Å². The molecule has 2 aliphatic rings. The van der Waals surface area contributed by atoms with E-state index in [1.165, 1.54) is 11.3 Å². The SMILES string of the molecule is CC(C)C1C2c3ccccc3NC2N(C(C)(C)C)C1C(=O)C(C)(C)C. The van der Waals surface area contributed by atoms with E-state index in [0.717, 1.165) is 0 Å². The number of hydrogen-bond acceptors (Lipinski definition) is 3. The third-order valence-electron chi connectivity index (χ3n) is 5.89. The van der Waals surface area contributed by atoms with Crippen molar-refractivity contribution in [3.8, 4) is 0 Å². The number of nitrogens with one attached hydrogen (secondary N) is 1. The van der Waals surface area contributed by atoms with Gasteiger partial charge in [-0.15, -0.1) is 0 Å². The third-order valence-corrected chi connectivity index (χ3v) is 5.89. The fourth-order valence-corrected chi connectivity index (χ4v) is 4.91. The van der Waals surface area contributed by atoms with Crippen LogP contribution in [0.2, 0.25) is 0 Å². The molecule has 4 unspecified atom stereocenters. The summed E-state index contributed by atoms with van der Waals surface area (Å²) in [6.07, 6.45) is 0.195. The minimum atomic E-state index is -0.334. The van der Waals surface area contributed by atoms with Crippen LogP contribution >= 0.6 is 0 Å². The Labute approximate surface area is 153 Å². The van der Waals surface area contributed by atoms with Gasteiger partial charge in [-0.25, -0.2) is 0 Å². The minimum Gasteiger partial charge on any atom is -0.369 e. The molecule has 0 aliphatic carbocycles. The van der Waals surface area contributed by atoms with Crippen LogP contribution in [-0.4, -0.2) is 28.4 Å². The van der Waals surface area contributed by atoms with Crippen LogP contribution in [0.3, 0.4) is 0 Å². The second kappa shape index (κ2) is 5.84. The van der Waals surface area contributed by atoms with Crippen molar-refractivity contribution in [2.24, 2.45) is 17.3 Å². The molecule has 0 spiro atoms. The fraction of sp³-hybridized carbons (Fsp3) is 0.682. The zero-order valence-electron chi connectivity index (χ0n) is 17.1. The van der Waals surface area contributed by atoms with Crippen LogP contribution in [0, 0.1) is 17.3 Å². The smallest absolute Gasteiger partial charge is 0.155 e. The van der Waals surface area contributed by atoms with E-state index in [-0.39, 0.29) is 23.2 Å². The molecule has 0 saturated carbocycles. The Balaban J connectivity index is 2.16. The van der Waals surface area contributed by atoms with Crippen LogP contribution in [-0.2, 0) is 4.79 Å². The Morgan fingerprint density at radius 1 is 1.08 bits per heavy atom. The van der Waals surface area contributed by atoms with Gasteiger partial charge in [0.15, 0.2) is 5.78 Å². The highest BCUT2D eigenvalue weighted by molar-refractivity contribution is 5.90. The monoisotopic (exact) mass is 342 g/mol. The van der Waals surface area contributed by atoms with Crippen molar-refractivity contribution in [2.75, 3.05) is 5.32 Å². The van der Waals surface area contributed by atoms with Crippen LogP contribution < -0.4 is 5.32 Å². The van der Waals surface area contributed by atoms with E-state index in [9.17, 15) is 4.79 Å². The molecule has 4 atom stereocenters.